The van der Waals surface area contributed by atoms with Gasteiger partial charge in [-0.15, -0.1) is 0 Å². The summed E-state index contributed by atoms with van der Waals surface area (Å²) in [5.41, 5.74) is 0.837. The van der Waals surface area contributed by atoms with Crippen molar-refractivity contribution in [3.05, 3.63) is 47.3 Å². The number of anilines is 1. The molecule has 8 heteroatoms. The molecule has 2 aromatic rings. The van der Waals surface area contributed by atoms with Crippen molar-refractivity contribution in [1.29, 1.82) is 0 Å². The average molecular weight is 467 g/mol. The topological polar surface area (TPSA) is 93.5 Å². The summed E-state index contributed by atoms with van der Waals surface area (Å²) in [6.07, 6.45) is 8.50. The normalized spacial score (nSPS) is 21.4. The molecule has 0 saturated heterocycles. The van der Waals surface area contributed by atoms with E-state index < -0.39 is 11.5 Å². The lowest BCUT2D eigenvalue weighted by atomic mass is 9.91. The quantitative estimate of drug-likeness (QED) is 0.675. The van der Waals surface area contributed by atoms with E-state index in [-0.39, 0.29) is 35.8 Å². The number of esters is 1. The van der Waals surface area contributed by atoms with Gasteiger partial charge in [-0.05, 0) is 43.9 Å². The fraction of sp³-hybridized carbons (Fsp3) is 0.538. The van der Waals surface area contributed by atoms with Gasteiger partial charge in [0.2, 0.25) is 5.91 Å². The van der Waals surface area contributed by atoms with Gasteiger partial charge in [0.1, 0.15) is 11.2 Å². The van der Waals surface area contributed by atoms with Crippen molar-refractivity contribution in [1.82, 2.24) is 15.1 Å². The number of ether oxygens (including phenoxy) is 1. The second-order valence-corrected chi connectivity index (χ2v) is 9.52. The van der Waals surface area contributed by atoms with E-state index in [1.54, 1.807) is 11.8 Å². The molecule has 8 nitrogen and oxygen atoms in total. The van der Waals surface area contributed by atoms with Crippen LogP contribution in [0.4, 0.5) is 5.69 Å². The maximum atomic E-state index is 13.8. The number of hydrogen-bond donors (Lipinski definition) is 1. The third-order valence-corrected chi connectivity index (χ3v) is 7.05. The number of rotatable bonds is 5. The van der Waals surface area contributed by atoms with Crippen LogP contribution in [0, 0.1) is 0 Å². The number of aryl methyl sites for hydroxylation is 1. The number of hydrogen-bond acceptors (Lipinski definition) is 5. The molecule has 1 fully saturated rings. The Balaban J connectivity index is 1.73. The highest BCUT2D eigenvalue weighted by Crippen LogP contribution is 2.34. The molecule has 0 bridgehead atoms. The van der Waals surface area contributed by atoms with Crippen LogP contribution in [0.1, 0.15) is 85.3 Å². The Hall–Kier alpha value is -3.16. The van der Waals surface area contributed by atoms with E-state index in [9.17, 15) is 14.4 Å². The molecule has 0 spiro atoms. The van der Waals surface area contributed by atoms with Crippen LogP contribution in [0.15, 0.2) is 30.3 Å². The van der Waals surface area contributed by atoms with Crippen LogP contribution in [0.5, 0.6) is 0 Å². The molecule has 1 saturated carbocycles. The van der Waals surface area contributed by atoms with E-state index in [2.05, 4.69) is 17.3 Å². The molecule has 1 aromatic heterocycles. The minimum absolute atomic E-state index is 0.0535. The van der Waals surface area contributed by atoms with Gasteiger partial charge >= 0.3 is 5.97 Å². The van der Waals surface area contributed by atoms with E-state index in [0.29, 0.717) is 5.69 Å². The Morgan fingerprint density at radius 1 is 1.15 bits per heavy atom. The monoisotopic (exact) mass is 466 g/mol. The molecule has 1 N–H and O–H groups in total. The predicted molar refractivity (Wildman–Crippen MR) is 129 cm³/mol. The van der Waals surface area contributed by atoms with E-state index >= 15 is 0 Å². The Kier molecular flexibility index (Phi) is 7.05. The molecule has 182 valence electrons. The Labute approximate surface area is 200 Å². The Morgan fingerprint density at radius 3 is 2.53 bits per heavy atom. The van der Waals surface area contributed by atoms with Crippen LogP contribution in [0.2, 0.25) is 0 Å². The smallest absolute Gasteiger partial charge is 0.358 e. The van der Waals surface area contributed by atoms with Crippen LogP contribution in [0.3, 0.4) is 0 Å². The van der Waals surface area contributed by atoms with Crippen molar-refractivity contribution >= 4 is 23.5 Å². The van der Waals surface area contributed by atoms with Crippen molar-refractivity contribution in [2.75, 3.05) is 12.0 Å². The van der Waals surface area contributed by atoms with Crippen molar-refractivity contribution in [3.8, 4) is 0 Å². The molecular weight excluding hydrogens is 432 g/mol. The second kappa shape index (κ2) is 9.99. The molecule has 34 heavy (non-hydrogen) atoms. The van der Waals surface area contributed by atoms with E-state index in [1.165, 1.54) is 37.1 Å². The Bertz CT molecular complexity index is 1070. The first-order valence-electron chi connectivity index (χ1n) is 12.3. The first-order valence-corrected chi connectivity index (χ1v) is 12.3. The number of carbonyl (C=O) groups is 3. The highest BCUT2D eigenvalue weighted by molar-refractivity contribution is 6.12. The van der Waals surface area contributed by atoms with Gasteiger partial charge < -0.3 is 10.1 Å². The summed E-state index contributed by atoms with van der Waals surface area (Å²) in [5, 5.41) is 7.55. The molecule has 0 radical (unpaired) electrons. The predicted octanol–water partition coefficient (Wildman–Crippen LogP) is 3.88. The largest absolute Gasteiger partial charge is 0.464 e. The maximum Gasteiger partial charge on any atom is 0.358 e. The fourth-order valence-corrected chi connectivity index (χ4v) is 5.05. The highest BCUT2D eigenvalue weighted by Gasteiger charge is 2.49. The average Bonchev–Trinajstić information content (AvgIpc) is 3.24. The number of benzene rings is 1. The third kappa shape index (κ3) is 4.58. The summed E-state index contributed by atoms with van der Waals surface area (Å²) in [4.78, 5) is 41.3. The van der Waals surface area contributed by atoms with Gasteiger partial charge in [-0.2, -0.15) is 5.10 Å². The summed E-state index contributed by atoms with van der Waals surface area (Å²) >= 11 is 0. The van der Waals surface area contributed by atoms with Crippen molar-refractivity contribution in [2.24, 2.45) is 0 Å². The van der Waals surface area contributed by atoms with Crippen LogP contribution < -0.4 is 10.2 Å². The van der Waals surface area contributed by atoms with Gasteiger partial charge in [0.25, 0.3) is 5.91 Å². The van der Waals surface area contributed by atoms with Gasteiger partial charge in [0, 0.05) is 17.8 Å². The number of fused-ring (bicyclic) bond motifs is 1. The minimum Gasteiger partial charge on any atom is -0.464 e. The first kappa shape index (κ1) is 24.0. The number of amides is 2. The highest BCUT2D eigenvalue weighted by atomic mass is 16.5. The zero-order valence-corrected chi connectivity index (χ0v) is 20.3. The number of aromatic nitrogens is 2. The van der Waals surface area contributed by atoms with Crippen LogP contribution >= 0.6 is 0 Å². The lowest BCUT2D eigenvalue weighted by Crippen LogP contribution is -2.65. The molecule has 2 amide bonds. The van der Waals surface area contributed by atoms with Crippen molar-refractivity contribution in [2.45, 2.75) is 83.3 Å². The number of methoxy groups -OCH3 is 1. The third-order valence-electron chi connectivity index (χ3n) is 7.05. The number of nitrogens with one attached hydrogen (secondary N) is 1. The van der Waals surface area contributed by atoms with Crippen molar-refractivity contribution in [3.63, 3.8) is 0 Å². The molecule has 4 rings (SSSR count). The Morgan fingerprint density at radius 2 is 1.85 bits per heavy atom. The second-order valence-electron chi connectivity index (χ2n) is 9.52. The first-order chi connectivity index (χ1) is 16.4. The van der Waals surface area contributed by atoms with Gasteiger partial charge in [0.15, 0.2) is 5.69 Å². The van der Waals surface area contributed by atoms with Crippen LogP contribution in [0.25, 0.3) is 0 Å². The summed E-state index contributed by atoms with van der Waals surface area (Å²) in [6.45, 7) is 3.97. The molecular formula is C26H34N4O4. The molecule has 2 heterocycles. The molecule has 2 aliphatic rings. The van der Waals surface area contributed by atoms with Gasteiger partial charge in [-0.1, -0.05) is 51.2 Å². The number of nitrogens with zero attached hydrogens (tertiary/aromatic N) is 3. The zero-order chi connectivity index (χ0) is 24.3. The van der Waals surface area contributed by atoms with Crippen molar-refractivity contribution < 1.29 is 19.1 Å². The number of carbonyl (C=O) groups excluding carboxylic acids is 3. The molecule has 1 aliphatic heterocycles. The molecule has 1 aliphatic carbocycles. The van der Waals surface area contributed by atoms with E-state index in [0.717, 1.165) is 37.7 Å². The van der Waals surface area contributed by atoms with Gasteiger partial charge in [0.05, 0.1) is 13.7 Å². The molecule has 1 atom stereocenters. The summed E-state index contributed by atoms with van der Waals surface area (Å²) in [5.74, 6) is -1.18. The minimum atomic E-state index is -1.21. The summed E-state index contributed by atoms with van der Waals surface area (Å²) < 4.78 is 6.26. The van der Waals surface area contributed by atoms with Crippen LogP contribution in [-0.2, 0) is 22.5 Å². The van der Waals surface area contributed by atoms with Crippen LogP contribution in [-0.4, -0.2) is 46.3 Å². The summed E-state index contributed by atoms with van der Waals surface area (Å²) in [7, 11) is 1.28. The standard InChI is InChI=1S/C26H34N4O4/c1-4-18-11-10-14-20(15-18)30-23(31)22-16-21(24(32)34-3)28-29(22)17-26(30,2)25(33)27-19-12-8-6-5-7-9-13-19/h10-11,14-16,19H,4-9,12-13,17H2,1-3H3,(H,27,33). The zero-order valence-electron chi connectivity index (χ0n) is 20.3. The summed E-state index contributed by atoms with van der Waals surface area (Å²) in [6, 6.07) is 9.24. The SMILES string of the molecule is CCc1cccc(N2C(=O)c3cc(C(=O)OC)nn3CC2(C)C(=O)NC2CCCCCCC2)c1. The lowest BCUT2D eigenvalue weighted by Gasteiger charge is -2.44. The fourth-order valence-electron chi connectivity index (χ4n) is 5.05. The molecule has 1 unspecified atom stereocenters. The van der Waals surface area contributed by atoms with Gasteiger partial charge in [-0.3, -0.25) is 19.2 Å². The van der Waals surface area contributed by atoms with E-state index in [1.807, 2.05) is 24.3 Å². The van der Waals surface area contributed by atoms with E-state index in [4.69, 9.17) is 4.74 Å². The molecule has 1 aromatic carbocycles. The maximum absolute atomic E-state index is 13.8. The van der Waals surface area contributed by atoms with Gasteiger partial charge in [-0.25, -0.2) is 4.79 Å². The lowest BCUT2D eigenvalue weighted by molar-refractivity contribution is -0.127.